The predicted molar refractivity (Wildman–Crippen MR) is 105 cm³/mol. The van der Waals surface area contributed by atoms with Crippen molar-refractivity contribution in [1.29, 1.82) is 0 Å². The molecule has 4 rings (SSSR count). The number of hydrogen-bond donors (Lipinski definition) is 3. The molecule has 0 unspecified atom stereocenters. The summed E-state index contributed by atoms with van der Waals surface area (Å²) in [5.41, 5.74) is 12.1. The second kappa shape index (κ2) is 7.97. The Morgan fingerprint density at radius 1 is 1.33 bits per heavy atom. The van der Waals surface area contributed by atoms with E-state index in [1.165, 1.54) is 10.9 Å². The van der Waals surface area contributed by atoms with Gasteiger partial charge < -0.3 is 40.1 Å². The van der Waals surface area contributed by atoms with Gasteiger partial charge in [0.15, 0.2) is 17.8 Å². The molecule has 0 aliphatic carbocycles. The van der Waals surface area contributed by atoms with Crippen LogP contribution in [0.3, 0.4) is 0 Å². The van der Waals surface area contributed by atoms with Crippen molar-refractivity contribution >= 4 is 11.7 Å². The number of carbonyl (C=O) groups excluding carboxylic acids is 1. The molecule has 5 atom stereocenters. The molecule has 2 aliphatic heterocycles. The van der Waals surface area contributed by atoms with Crippen LogP contribution in [0.2, 0.25) is 0 Å². The van der Waals surface area contributed by atoms with E-state index in [1.54, 1.807) is 13.8 Å². The van der Waals surface area contributed by atoms with Crippen molar-refractivity contribution in [3.05, 3.63) is 47.9 Å². The van der Waals surface area contributed by atoms with Gasteiger partial charge in [-0.05, 0) is 19.4 Å². The van der Waals surface area contributed by atoms with Gasteiger partial charge in [-0.2, -0.15) is 0 Å². The second-order valence-corrected chi connectivity index (χ2v) is 7.89. The zero-order valence-electron chi connectivity index (χ0n) is 16.8. The van der Waals surface area contributed by atoms with E-state index >= 15 is 0 Å². The molecule has 2 fully saturated rings. The molecule has 30 heavy (non-hydrogen) atoms. The monoisotopic (exact) mass is 418 g/mol. The minimum absolute atomic E-state index is 0.0325. The van der Waals surface area contributed by atoms with E-state index in [9.17, 15) is 9.90 Å². The maximum atomic E-state index is 11.4. The lowest BCUT2D eigenvalue weighted by Gasteiger charge is -2.29. The quantitative estimate of drug-likeness (QED) is 0.586. The van der Waals surface area contributed by atoms with Gasteiger partial charge in [0.2, 0.25) is 0 Å². The van der Waals surface area contributed by atoms with E-state index in [-0.39, 0.29) is 18.1 Å². The number of carbonyl (C=O) groups is 1. The van der Waals surface area contributed by atoms with Gasteiger partial charge >= 0.3 is 0 Å². The number of rotatable bonds is 7. The highest BCUT2D eigenvalue weighted by Gasteiger charge is 2.57. The van der Waals surface area contributed by atoms with Gasteiger partial charge in [0.05, 0.1) is 19.5 Å². The molecule has 0 saturated carbocycles. The number of fused-ring (bicyclic) bond motifs is 1. The zero-order chi connectivity index (χ0) is 21.5. The van der Waals surface area contributed by atoms with Gasteiger partial charge in [0, 0.05) is 0 Å². The maximum Gasteiger partial charge on any atom is 0.271 e. The molecule has 10 heteroatoms. The van der Waals surface area contributed by atoms with Crippen LogP contribution >= 0.6 is 0 Å². The summed E-state index contributed by atoms with van der Waals surface area (Å²) in [5, 5.41) is 10.9. The molecule has 3 heterocycles. The number of nitrogens with zero attached hydrogens (tertiary/aromatic N) is 2. The number of primary amides is 1. The fourth-order valence-corrected chi connectivity index (χ4v) is 3.80. The molecule has 2 aromatic rings. The van der Waals surface area contributed by atoms with E-state index < -0.39 is 42.4 Å². The average molecular weight is 418 g/mol. The summed E-state index contributed by atoms with van der Waals surface area (Å²) in [6.07, 6.45) is -2.15. The van der Waals surface area contributed by atoms with Gasteiger partial charge in [-0.1, -0.05) is 30.3 Å². The Bertz CT molecular complexity index is 902. The Hall–Kier alpha value is -2.50. The number of nitrogen functional groups attached to an aromatic ring is 1. The van der Waals surface area contributed by atoms with Crippen molar-refractivity contribution in [2.45, 2.75) is 63.5 Å². The molecule has 0 radical (unpaired) electrons. The fourth-order valence-electron chi connectivity index (χ4n) is 3.80. The van der Waals surface area contributed by atoms with Gasteiger partial charge in [0.25, 0.3) is 5.91 Å². The van der Waals surface area contributed by atoms with Crippen LogP contribution < -0.4 is 11.5 Å². The average Bonchev–Trinajstić information content (AvgIpc) is 3.31. The van der Waals surface area contributed by atoms with Crippen LogP contribution in [0.5, 0.6) is 0 Å². The Kier molecular flexibility index (Phi) is 5.51. The number of aromatic nitrogens is 2. The lowest BCUT2D eigenvalue weighted by molar-refractivity contribution is -0.231. The number of aliphatic hydroxyl groups excluding tert-OH is 1. The van der Waals surface area contributed by atoms with Crippen LogP contribution in [0.1, 0.15) is 29.9 Å². The SMILES string of the molecule is CC1(C)O[C@H]2O[C@H]([C@H](O)Cn3cnc(C(N)=O)c3N)[C@H](OCc3ccccc3)[C@H]2O1. The van der Waals surface area contributed by atoms with Gasteiger partial charge in [-0.3, -0.25) is 4.79 Å². The Labute approximate surface area is 173 Å². The first-order valence-corrected chi connectivity index (χ1v) is 9.70. The minimum Gasteiger partial charge on any atom is -0.388 e. The molecule has 10 nitrogen and oxygen atoms in total. The molecule has 1 aromatic carbocycles. The van der Waals surface area contributed by atoms with Crippen LogP contribution in [0.15, 0.2) is 36.7 Å². The van der Waals surface area contributed by atoms with Crippen molar-refractivity contribution in [1.82, 2.24) is 9.55 Å². The van der Waals surface area contributed by atoms with E-state index in [4.69, 9.17) is 30.4 Å². The zero-order valence-corrected chi connectivity index (χ0v) is 16.8. The van der Waals surface area contributed by atoms with Gasteiger partial charge in [-0.25, -0.2) is 4.98 Å². The molecule has 1 amide bonds. The number of aliphatic hydroxyl groups is 1. The lowest BCUT2D eigenvalue weighted by atomic mass is 10.1. The number of anilines is 1. The number of ether oxygens (including phenoxy) is 4. The fraction of sp³-hybridized carbons (Fsp3) is 0.500. The van der Waals surface area contributed by atoms with Crippen LogP contribution in [0, 0.1) is 0 Å². The third kappa shape index (κ3) is 4.05. The maximum absolute atomic E-state index is 11.4. The first kappa shape index (κ1) is 20.8. The Morgan fingerprint density at radius 2 is 2.07 bits per heavy atom. The normalized spacial score (nSPS) is 28.4. The number of hydrogen-bond acceptors (Lipinski definition) is 8. The summed E-state index contributed by atoms with van der Waals surface area (Å²) < 4.78 is 25.3. The van der Waals surface area contributed by atoms with E-state index in [0.29, 0.717) is 6.61 Å². The van der Waals surface area contributed by atoms with Crippen LogP contribution in [0.4, 0.5) is 5.82 Å². The molecule has 2 aliphatic rings. The van der Waals surface area contributed by atoms with Crippen molar-refractivity contribution in [3.63, 3.8) is 0 Å². The summed E-state index contributed by atoms with van der Waals surface area (Å²) >= 11 is 0. The summed E-state index contributed by atoms with van der Waals surface area (Å²) in [7, 11) is 0. The summed E-state index contributed by atoms with van der Waals surface area (Å²) in [6, 6.07) is 9.68. The largest absolute Gasteiger partial charge is 0.388 e. The third-order valence-corrected chi connectivity index (χ3v) is 5.19. The molecule has 162 valence electrons. The number of imidazole rings is 1. The molecule has 0 spiro atoms. The highest BCUT2D eigenvalue weighted by atomic mass is 16.8. The van der Waals surface area contributed by atoms with Crippen LogP contribution in [0.25, 0.3) is 0 Å². The van der Waals surface area contributed by atoms with Crippen LogP contribution in [-0.2, 0) is 32.1 Å². The summed E-state index contributed by atoms with van der Waals surface area (Å²) in [5.74, 6) is -1.47. The van der Waals surface area contributed by atoms with Gasteiger partial charge in [-0.15, -0.1) is 0 Å². The molecule has 5 N–H and O–H groups in total. The smallest absolute Gasteiger partial charge is 0.271 e. The van der Waals surface area contributed by atoms with Crippen molar-refractivity contribution < 1.29 is 28.8 Å². The van der Waals surface area contributed by atoms with Gasteiger partial charge in [0.1, 0.15) is 30.2 Å². The lowest BCUT2D eigenvalue weighted by Crippen LogP contribution is -2.44. The van der Waals surface area contributed by atoms with Crippen molar-refractivity contribution in [2.75, 3.05) is 5.73 Å². The third-order valence-electron chi connectivity index (χ3n) is 5.19. The summed E-state index contributed by atoms with van der Waals surface area (Å²) in [6.45, 7) is 3.95. The standard InChI is InChI=1S/C20H26N4O6/c1-20(2)29-16-15(27-9-11-6-4-3-5-7-11)14(28-19(16)30-20)12(25)8-24-10-23-13(17(24)21)18(22)26/h3-7,10,12,14-16,19,25H,8-9,21H2,1-2H3,(H2,22,26)/t12-,14-,15+,16-,19-/m1/s1. The highest BCUT2D eigenvalue weighted by Crippen LogP contribution is 2.40. The number of benzene rings is 1. The minimum atomic E-state index is -1.02. The predicted octanol–water partition coefficient (Wildman–Crippen LogP) is 0.387. The molecular weight excluding hydrogens is 392 g/mol. The van der Waals surface area contributed by atoms with E-state index in [0.717, 1.165) is 5.56 Å². The van der Waals surface area contributed by atoms with E-state index in [2.05, 4.69) is 4.98 Å². The Morgan fingerprint density at radius 3 is 2.73 bits per heavy atom. The second-order valence-electron chi connectivity index (χ2n) is 7.89. The van der Waals surface area contributed by atoms with Crippen LogP contribution in [-0.4, -0.2) is 57.1 Å². The molecule has 2 saturated heterocycles. The molecular formula is C20H26N4O6. The number of amides is 1. The van der Waals surface area contributed by atoms with E-state index in [1.807, 2.05) is 30.3 Å². The first-order valence-electron chi connectivity index (χ1n) is 9.70. The summed E-state index contributed by atoms with van der Waals surface area (Å²) in [4.78, 5) is 15.3. The molecule has 1 aromatic heterocycles. The Balaban J connectivity index is 1.50. The highest BCUT2D eigenvalue weighted by molar-refractivity contribution is 5.95. The molecule has 0 bridgehead atoms. The first-order chi connectivity index (χ1) is 14.2. The topological polar surface area (TPSA) is 144 Å². The van der Waals surface area contributed by atoms with Crippen molar-refractivity contribution in [2.24, 2.45) is 5.73 Å². The van der Waals surface area contributed by atoms with Crippen molar-refractivity contribution in [3.8, 4) is 0 Å². The number of nitrogens with two attached hydrogens (primary N) is 2.